The van der Waals surface area contributed by atoms with E-state index in [1.807, 2.05) is 11.9 Å². The minimum atomic E-state index is -0.504. The molecule has 0 unspecified atom stereocenters. The van der Waals surface area contributed by atoms with Crippen LogP contribution in [-0.2, 0) is 4.79 Å². The molecule has 6 heteroatoms. The van der Waals surface area contributed by atoms with Crippen LogP contribution in [0.15, 0.2) is 22.7 Å². The number of benzene rings is 1. The molecule has 0 saturated carbocycles. The number of nitrogens with one attached hydrogen (secondary N) is 1. The van der Waals surface area contributed by atoms with Crippen LogP contribution < -0.4 is 10.1 Å². The van der Waals surface area contributed by atoms with Crippen molar-refractivity contribution in [3.63, 3.8) is 0 Å². The Morgan fingerprint density at radius 2 is 2.38 bits per heavy atom. The van der Waals surface area contributed by atoms with Crippen molar-refractivity contribution >= 4 is 33.4 Å². The van der Waals surface area contributed by atoms with E-state index in [4.69, 9.17) is 16.3 Å². The largest absolute Gasteiger partial charge is 0.480 e. The van der Waals surface area contributed by atoms with Gasteiger partial charge in [0.1, 0.15) is 5.75 Å². The highest BCUT2D eigenvalue weighted by atomic mass is 79.9. The van der Waals surface area contributed by atoms with Gasteiger partial charge >= 0.3 is 0 Å². The average Bonchev–Trinajstić information content (AvgIpc) is 2.90. The number of likely N-dealkylation sites (tertiary alicyclic amines) is 1. The molecule has 1 aromatic rings. The molecule has 0 aromatic heterocycles. The van der Waals surface area contributed by atoms with E-state index in [9.17, 15) is 4.79 Å². The molecule has 0 spiro atoms. The van der Waals surface area contributed by atoms with Crippen LogP contribution in [0.5, 0.6) is 5.75 Å². The predicted octanol–water partition coefficient (Wildman–Crippen LogP) is 2.94. The number of carbonyl (C=O) groups is 1. The van der Waals surface area contributed by atoms with Gasteiger partial charge < -0.3 is 15.0 Å². The molecule has 1 aliphatic heterocycles. The summed E-state index contributed by atoms with van der Waals surface area (Å²) in [5, 5.41) is 3.79. The third-order valence-electron chi connectivity index (χ3n) is 3.64. The first-order valence-corrected chi connectivity index (χ1v) is 8.23. The second kappa shape index (κ2) is 7.47. The zero-order valence-corrected chi connectivity index (χ0v) is 14.6. The second-order valence-electron chi connectivity index (χ2n) is 5.33. The maximum Gasteiger partial charge on any atom is 0.263 e. The lowest BCUT2D eigenvalue weighted by Crippen LogP contribution is -2.39. The van der Waals surface area contributed by atoms with Crippen molar-refractivity contribution in [3.8, 4) is 5.75 Å². The van der Waals surface area contributed by atoms with Crippen LogP contribution in [0.25, 0.3) is 0 Å². The van der Waals surface area contributed by atoms with Crippen LogP contribution in [0.4, 0.5) is 0 Å². The van der Waals surface area contributed by atoms with Crippen LogP contribution in [0.3, 0.4) is 0 Å². The van der Waals surface area contributed by atoms with Gasteiger partial charge in [-0.25, -0.2) is 0 Å². The highest BCUT2D eigenvalue weighted by Crippen LogP contribution is 2.29. The lowest BCUT2D eigenvalue weighted by atomic mass is 10.1. The molecule has 1 fully saturated rings. The van der Waals surface area contributed by atoms with E-state index in [1.165, 1.54) is 0 Å². The SMILES string of the molecule is CNC[C@@H]1CCN(C(=O)[C@@H](C)Oc2ccc(Cl)cc2Br)C1. The lowest BCUT2D eigenvalue weighted by molar-refractivity contribution is -0.137. The van der Waals surface area contributed by atoms with E-state index in [1.54, 1.807) is 25.1 Å². The van der Waals surface area contributed by atoms with Gasteiger partial charge in [0.2, 0.25) is 0 Å². The first-order chi connectivity index (χ1) is 10.0. The number of carbonyl (C=O) groups excluding carboxylic acids is 1. The third-order valence-corrected chi connectivity index (χ3v) is 4.49. The van der Waals surface area contributed by atoms with Crippen molar-refractivity contribution in [3.05, 3.63) is 27.7 Å². The molecule has 1 amide bonds. The molecule has 1 aromatic carbocycles. The number of halogens is 2. The Hall–Kier alpha value is -0.780. The van der Waals surface area contributed by atoms with Gasteiger partial charge in [-0.3, -0.25) is 4.79 Å². The number of nitrogens with zero attached hydrogens (tertiary/aromatic N) is 1. The van der Waals surface area contributed by atoms with Crippen molar-refractivity contribution in [2.75, 3.05) is 26.7 Å². The van der Waals surface area contributed by atoms with E-state index >= 15 is 0 Å². The van der Waals surface area contributed by atoms with Crippen LogP contribution in [0, 0.1) is 5.92 Å². The summed E-state index contributed by atoms with van der Waals surface area (Å²) in [4.78, 5) is 14.3. The minimum Gasteiger partial charge on any atom is -0.480 e. The van der Waals surface area contributed by atoms with E-state index in [-0.39, 0.29) is 5.91 Å². The fourth-order valence-corrected chi connectivity index (χ4v) is 3.33. The van der Waals surface area contributed by atoms with E-state index in [0.717, 1.165) is 30.5 Å². The van der Waals surface area contributed by atoms with Crippen LogP contribution in [-0.4, -0.2) is 43.6 Å². The topological polar surface area (TPSA) is 41.6 Å². The minimum absolute atomic E-state index is 0.0375. The van der Waals surface area contributed by atoms with E-state index < -0.39 is 6.10 Å². The average molecular weight is 376 g/mol. The first kappa shape index (κ1) is 16.6. The summed E-state index contributed by atoms with van der Waals surface area (Å²) < 4.78 is 6.51. The number of hydrogen-bond donors (Lipinski definition) is 1. The summed E-state index contributed by atoms with van der Waals surface area (Å²) in [5.41, 5.74) is 0. The zero-order valence-electron chi connectivity index (χ0n) is 12.2. The molecule has 21 heavy (non-hydrogen) atoms. The summed E-state index contributed by atoms with van der Waals surface area (Å²) in [6.45, 7) is 4.34. The maximum atomic E-state index is 12.4. The summed E-state index contributed by atoms with van der Waals surface area (Å²) in [6, 6.07) is 5.27. The number of ether oxygens (including phenoxy) is 1. The van der Waals surface area contributed by atoms with Gasteiger partial charge in [0.05, 0.1) is 4.47 Å². The monoisotopic (exact) mass is 374 g/mol. The predicted molar refractivity (Wildman–Crippen MR) is 87.9 cm³/mol. The van der Waals surface area contributed by atoms with E-state index in [0.29, 0.717) is 16.7 Å². The molecule has 0 radical (unpaired) electrons. The molecule has 2 atom stereocenters. The second-order valence-corrected chi connectivity index (χ2v) is 6.62. The molecule has 116 valence electrons. The molecular formula is C15H20BrClN2O2. The van der Waals surface area contributed by atoms with Gasteiger partial charge in [-0.15, -0.1) is 0 Å². The Morgan fingerprint density at radius 1 is 1.62 bits per heavy atom. The number of hydrogen-bond acceptors (Lipinski definition) is 3. The summed E-state index contributed by atoms with van der Waals surface area (Å²) in [6.07, 6.45) is 0.542. The van der Waals surface area contributed by atoms with Crippen LogP contribution in [0.2, 0.25) is 5.02 Å². The fraction of sp³-hybridized carbons (Fsp3) is 0.533. The maximum absolute atomic E-state index is 12.4. The Labute approximate surface area is 138 Å². The normalized spacial score (nSPS) is 19.6. The highest BCUT2D eigenvalue weighted by molar-refractivity contribution is 9.10. The van der Waals surface area contributed by atoms with Gasteiger partial charge in [0, 0.05) is 18.1 Å². The lowest BCUT2D eigenvalue weighted by Gasteiger charge is -2.22. The number of amides is 1. The Morgan fingerprint density at radius 3 is 3.05 bits per heavy atom. The zero-order chi connectivity index (χ0) is 15.4. The summed E-state index contributed by atoms with van der Waals surface area (Å²) in [5.74, 6) is 1.20. The van der Waals surface area contributed by atoms with Gasteiger partial charge in [0.25, 0.3) is 5.91 Å². The van der Waals surface area contributed by atoms with Gasteiger partial charge in [0.15, 0.2) is 6.10 Å². The molecule has 4 nitrogen and oxygen atoms in total. The van der Waals surface area contributed by atoms with Crippen molar-refractivity contribution < 1.29 is 9.53 Å². The molecule has 1 N–H and O–H groups in total. The van der Waals surface area contributed by atoms with Gasteiger partial charge in [-0.2, -0.15) is 0 Å². The molecule has 2 rings (SSSR count). The quantitative estimate of drug-likeness (QED) is 0.860. The molecule has 1 aliphatic rings. The fourth-order valence-electron chi connectivity index (χ4n) is 2.56. The van der Waals surface area contributed by atoms with E-state index in [2.05, 4.69) is 21.2 Å². The first-order valence-electron chi connectivity index (χ1n) is 7.06. The summed E-state index contributed by atoms with van der Waals surface area (Å²) >= 11 is 9.29. The molecule has 0 bridgehead atoms. The van der Waals surface area contributed by atoms with Gasteiger partial charge in [-0.1, -0.05) is 11.6 Å². The molecular weight excluding hydrogens is 356 g/mol. The van der Waals surface area contributed by atoms with Crippen molar-refractivity contribution in [1.82, 2.24) is 10.2 Å². The Balaban J connectivity index is 1.94. The van der Waals surface area contributed by atoms with Crippen LogP contribution in [0.1, 0.15) is 13.3 Å². The Kier molecular flexibility index (Phi) is 5.90. The summed E-state index contributed by atoms with van der Waals surface area (Å²) in [7, 11) is 1.94. The molecule has 1 heterocycles. The smallest absolute Gasteiger partial charge is 0.263 e. The van der Waals surface area contributed by atoms with Crippen LogP contribution >= 0.6 is 27.5 Å². The Bertz CT molecular complexity index is 512. The van der Waals surface area contributed by atoms with Gasteiger partial charge in [-0.05, 0) is 67.0 Å². The molecule has 0 aliphatic carbocycles. The highest BCUT2D eigenvalue weighted by Gasteiger charge is 2.29. The van der Waals surface area contributed by atoms with Crippen molar-refractivity contribution in [1.29, 1.82) is 0 Å². The number of rotatable bonds is 5. The third kappa shape index (κ3) is 4.34. The van der Waals surface area contributed by atoms with Crippen molar-refractivity contribution in [2.24, 2.45) is 5.92 Å². The standard InChI is InChI=1S/C15H20BrClN2O2/c1-10(21-14-4-3-12(17)7-13(14)16)15(20)19-6-5-11(9-19)8-18-2/h3-4,7,10-11,18H,5-6,8-9H2,1-2H3/t10-,11+/m1/s1. The van der Waals surface area contributed by atoms with Crippen molar-refractivity contribution in [2.45, 2.75) is 19.4 Å². The molecule has 1 saturated heterocycles.